The van der Waals surface area contributed by atoms with E-state index >= 15 is 0 Å². The maximum atomic E-state index is 4.27. The molecule has 0 rings (SSSR count). The Morgan fingerprint density at radius 3 is 2.33 bits per heavy atom. The van der Waals surface area contributed by atoms with Gasteiger partial charge in [0, 0.05) is 20.1 Å². The van der Waals surface area contributed by atoms with Crippen LogP contribution in [-0.4, -0.2) is 25.1 Å². The predicted molar refractivity (Wildman–Crippen MR) is 40.2 cm³/mol. The molecule has 0 aliphatic rings. The molecule has 0 saturated carbocycles. The molecule has 55 valence electrons. The molecule has 0 bridgehead atoms. The van der Waals surface area contributed by atoms with E-state index in [2.05, 4.69) is 19.3 Å². The van der Waals surface area contributed by atoms with Gasteiger partial charge in [-0.15, -0.1) is 0 Å². The van der Waals surface area contributed by atoms with Crippen LogP contribution < -0.4 is 5.43 Å². The van der Waals surface area contributed by atoms with Crippen molar-refractivity contribution >= 4 is 0 Å². The fourth-order valence-corrected chi connectivity index (χ4v) is 0.665. The Kier molecular flexibility index (Phi) is 5.99. The summed E-state index contributed by atoms with van der Waals surface area (Å²) in [5.41, 5.74) is 4.27. The van der Waals surface area contributed by atoms with E-state index in [1.807, 2.05) is 12.1 Å². The van der Waals surface area contributed by atoms with E-state index in [0.29, 0.717) is 0 Å². The lowest BCUT2D eigenvalue weighted by Gasteiger charge is -2.12. The molecule has 0 N–H and O–H groups in total. The predicted octanol–water partition coefficient (Wildman–Crippen LogP) is 1.26. The molecule has 2 nitrogen and oxygen atoms in total. The van der Waals surface area contributed by atoms with Gasteiger partial charge >= 0.3 is 0 Å². The van der Waals surface area contributed by atoms with Crippen LogP contribution in [0.15, 0.2) is 0 Å². The van der Waals surface area contributed by atoms with E-state index in [1.54, 1.807) is 0 Å². The van der Waals surface area contributed by atoms with Crippen LogP contribution in [0, 0.1) is 0 Å². The molecule has 0 aliphatic carbocycles. The first-order valence-corrected chi connectivity index (χ1v) is 3.69. The molecule has 1 radical (unpaired) electrons. The lowest BCUT2D eigenvalue weighted by atomic mass is 10.5. The zero-order chi connectivity index (χ0) is 7.11. The molecular weight excluding hydrogens is 112 g/mol. The van der Waals surface area contributed by atoms with Crippen LogP contribution in [0.25, 0.3) is 0 Å². The topological polar surface area (TPSA) is 17.3 Å². The van der Waals surface area contributed by atoms with Crippen molar-refractivity contribution in [2.75, 3.05) is 20.1 Å². The van der Waals surface area contributed by atoms with Gasteiger partial charge in [0.2, 0.25) is 0 Å². The van der Waals surface area contributed by atoms with Crippen LogP contribution in [0.5, 0.6) is 0 Å². The minimum atomic E-state index is 0.969. The van der Waals surface area contributed by atoms with Crippen molar-refractivity contribution in [1.29, 1.82) is 0 Å². The Morgan fingerprint density at radius 2 is 1.89 bits per heavy atom. The lowest BCUT2D eigenvalue weighted by Crippen LogP contribution is -2.28. The third kappa shape index (κ3) is 5.80. The van der Waals surface area contributed by atoms with Crippen LogP contribution in [0.4, 0.5) is 0 Å². The van der Waals surface area contributed by atoms with E-state index in [-0.39, 0.29) is 0 Å². The van der Waals surface area contributed by atoms with E-state index in [4.69, 9.17) is 0 Å². The van der Waals surface area contributed by atoms with Crippen LogP contribution in [0.2, 0.25) is 0 Å². The van der Waals surface area contributed by atoms with Gasteiger partial charge in [-0.25, -0.2) is 5.01 Å². The van der Waals surface area contributed by atoms with E-state index in [9.17, 15) is 0 Å². The maximum absolute atomic E-state index is 4.27. The van der Waals surface area contributed by atoms with Crippen LogP contribution in [-0.2, 0) is 0 Å². The van der Waals surface area contributed by atoms with Crippen molar-refractivity contribution in [3.05, 3.63) is 0 Å². The molecule has 0 aliphatic heterocycles. The standard InChI is InChI=1S/C7H17N2/c1-4-6-8-9(3)7-5-2/h4-7H2,1-3H3. The third-order valence-corrected chi connectivity index (χ3v) is 1.11. The highest BCUT2D eigenvalue weighted by Gasteiger charge is 1.92. The molecule has 0 spiro atoms. The van der Waals surface area contributed by atoms with Crippen molar-refractivity contribution in [2.45, 2.75) is 26.7 Å². The Labute approximate surface area is 58.2 Å². The van der Waals surface area contributed by atoms with E-state index in [1.165, 1.54) is 6.42 Å². The van der Waals surface area contributed by atoms with Crippen molar-refractivity contribution in [1.82, 2.24) is 10.4 Å². The van der Waals surface area contributed by atoms with Gasteiger partial charge in [0.25, 0.3) is 0 Å². The smallest absolute Gasteiger partial charge is 0.0304 e. The second kappa shape index (κ2) is 6.05. The summed E-state index contributed by atoms with van der Waals surface area (Å²) in [6, 6.07) is 0. The summed E-state index contributed by atoms with van der Waals surface area (Å²) in [5, 5.41) is 2.02. The first-order chi connectivity index (χ1) is 4.31. The summed E-state index contributed by atoms with van der Waals surface area (Å²) in [4.78, 5) is 0. The molecule has 0 saturated heterocycles. The molecule has 0 aromatic rings. The molecule has 0 amide bonds. The summed E-state index contributed by atoms with van der Waals surface area (Å²) in [7, 11) is 2.03. The lowest BCUT2D eigenvalue weighted by molar-refractivity contribution is 0.227. The number of hydrogen-bond acceptors (Lipinski definition) is 1. The SMILES string of the molecule is CCC[N]N(C)CCC. The number of hydrogen-bond donors (Lipinski definition) is 0. The zero-order valence-electron chi connectivity index (χ0n) is 6.72. The fraction of sp³-hybridized carbons (Fsp3) is 1.00. The molecule has 0 aromatic carbocycles. The summed E-state index contributed by atoms with van der Waals surface area (Å²) in [6.07, 6.45) is 2.33. The van der Waals surface area contributed by atoms with Gasteiger partial charge in [-0.3, -0.25) is 0 Å². The van der Waals surface area contributed by atoms with E-state index < -0.39 is 0 Å². The number of nitrogens with zero attached hydrogens (tertiary/aromatic N) is 2. The van der Waals surface area contributed by atoms with Crippen molar-refractivity contribution in [3.8, 4) is 0 Å². The van der Waals surface area contributed by atoms with Crippen molar-refractivity contribution in [2.24, 2.45) is 0 Å². The fourth-order valence-electron chi connectivity index (χ4n) is 0.665. The highest BCUT2D eigenvalue weighted by atomic mass is 15.5. The number of rotatable bonds is 5. The molecule has 0 aromatic heterocycles. The largest absolute Gasteiger partial charge is 0.230 e. The van der Waals surface area contributed by atoms with Crippen LogP contribution in [0.1, 0.15) is 26.7 Å². The Hall–Kier alpha value is -0.0800. The van der Waals surface area contributed by atoms with Gasteiger partial charge < -0.3 is 0 Å². The average molecular weight is 129 g/mol. The van der Waals surface area contributed by atoms with Gasteiger partial charge in [-0.2, -0.15) is 5.43 Å². The quantitative estimate of drug-likeness (QED) is 0.511. The van der Waals surface area contributed by atoms with Crippen molar-refractivity contribution in [3.63, 3.8) is 0 Å². The van der Waals surface area contributed by atoms with Gasteiger partial charge in [0.05, 0.1) is 0 Å². The van der Waals surface area contributed by atoms with Crippen LogP contribution >= 0.6 is 0 Å². The monoisotopic (exact) mass is 129 g/mol. The van der Waals surface area contributed by atoms with Gasteiger partial charge in [0.1, 0.15) is 0 Å². The Balaban J connectivity index is 2.95. The highest BCUT2D eigenvalue weighted by Crippen LogP contribution is 1.82. The summed E-state index contributed by atoms with van der Waals surface area (Å²) >= 11 is 0. The zero-order valence-corrected chi connectivity index (χ0v) is 6.72. The van der Waals surface area contributed by atoms with Gasteiger partial charge in [-0.1, -0.05) is 13.8 Å². The molecular formula is C7H17N2. The second-order valence-electron chi connectivity index (χ2n) is 2.25. The summed E-state index contributed by atoms with van der Waals surface area (Å²) in [6.45, 7) is 6.36. The third-order valence-electron chi connectivity index (χ3n) is 1.11. The normalized spacial score (nSPS) is 10.7. The molecule has 0 atom stereocenters. The highest BCUT2D eigenvalue weighted by molar-refractivity contribution is 4.40. The second-order valence-corrected chi connectivity index (χ2v) is 2.25. The maximum Gasteiger partial charge on any atom is 0.0304 e. The first-order valence-electron chi connectivity index (χ1n) is 3.69. The summed E-state index contributed by atoms with van der Waals surface area (Å²) < 4.78 is 0. The Bertz CT molecular complexity index is 54.9. The van der Waals surface area contributed by atoms with Gasteiger partial charge in [-0.05, 0) is 12.8 Å². The summed E-state index contributed by atoms with van der Waals surface area (Å²) in [5.74, 6) is 0. The molecule has 0 unspecified atom stereocenters. The molecule has 0 heterocycles. The average Bonchev–Trinajstić information content (AvgIpc) is 1.85. The first kappa shape index (κ1) is 8.92. The minimum absolute atomic E-state index is 0.969. The van der Waals surface area contributed by atoms with E-state index in [0.717, 1.165) is 19.5 Å². The molecule has 2 heteroatoms. The minimum Gasteiger partial charge on any atom is -0.230 e. The van der Waals surface area contributed by atoms with Gasteiger partial charge in [0.15, 0.2) is 0 Å². The Morgan fingerprint density at radius 1 is 1.22 bits per heavy atom. The van der Waals surface area contributed by atoms with Crippen molar-refractivity contribution < 1.29 is 0 Å². The molecule has 0 fully saturated rings. The molecule has 9 heavy (non-hydrogen) atoms. The van der Waals surface area contributed by atoms with Crippen LogP contribution in [0.3, 0.4) is 0 Å².